The number of carbonyl (C=O) groups excluding carboxylic acids is 1. The molecule has 4 bridgehead atoms. The van der Waals surface area contributed by atoms with Crippen molar-refractivity contribution in [2.75, 3.05) is 7.05 Å². The molecule has 0 saturated heterocycles. The highest BCUT2D eigenvalue weighted by atomic mass is 16.2. The zero-order valence-corrected chi connectivity index (χ0v) is 12.9. The molecule has 20 heavy (non-hydrogen) atoms. The molecule has 3 nitrogen and oxygen atoms in total. The molecule has 4 rings (SSSR count). The third-order valence-corrected chi connectivity index (χ3v) is 6.06. The van der Waals surface area contributed by atoms with Crippen LogP contribution in [0.15, 0.2) is 0 Å². The van der Waals surface area contributed by atoms with Crippen molar-refractivity contribution in [3.8, 4) is 6.07 Å². The van der Waals surface area contributed by atoms with Gasteiger partial charge in [0.15, 0.2) is 0 Å². The number of hydrogen-bond acceptors (Lipinski definition) is 2. The first-order valence-electron chi connectivity index (χ1n) is 8.17. The van der Waals surface area contributed by atoms with Gasteiger partial charge in [-0.05, 0) is 61.7 Å². The molecule has 4 fully saturated rings. The number of amides is 1. The quantitative estimate of drug-likeness (QED) is 0.794. The monoisotopic (exact) mass is 274 g/mol. The normalized spacial score (nSPS) is 39.6. The van der Waals surface area contributed by atoms with Gasteiger partial charge in [-0.1, -0.05) is 13.8 Å². The molecule has 3 heteroatoms. The average molecular weight is 274 g/mol. The Morgan fingerprint density at radius 1 is 1.10 bits per heavy atom. The van der Waals surface area contributed by atoms with E-state index in [1.54, 1.807) is 4.90 Å². The zero-order chi connectivity index (χ0) is 14.4. The van der Waals surface area contributed by atoms with Crippen molar-refractivity contribution in [3.05, 3.63) is 0 Å². The van der Waals surface area contributed by atoms with Crippen molar-refractivity contribution in [1.82, 2.24) is 4.90 Å². The Labute approximate surface area is 122 Å². The smallest absolute Gasteiger partial charge is 0.225 e. The van der Waals surface area contributed by atoms with Gasteiger partial charge in [0, 0.05) is 13.0 Å². The Morgan fingerprint density at radius 3 is 2.00 bits per heavy atom. The maximum absolute atomic E-state index is 12.3. The third kappa shape index (κ3) is 2.14. The molecule has 0 aromatic carbocycles. The molecule has 0 heterocycles. The summed E-state index contributed by atoms with van der Waals surface area (Å²) in [5, 5.41) is 9.67. The van der Waals surface area contributed by atoms with E-state index < -0.39 is 0 Å². The van der Waals surface area contributed by atoms with Gasteiger partial charge in [0.1, 0.15) is 6.04 Å². The van der Waals surface area contributed by atoms with Crippen molar-refractivity contribution in [2.45, 2.75) is 52.0 Å². The lowest BCUT2D eigenvalue weighted by Gasteiger charge is -2.56. The Bertz CT molecular complexity index is 409. The van der Waals surface area contributed by atoms with Crippen LogP contribution in [0.4, 0.5) is 0 Å². The van der Waals surface area contributed by atoms with Crippen LogP contribution in [0.5, 0.6) is 0 Å². The molecule has 0 aromatic heterocycles. The fraction of sp³-hybridized carbons (Fsp3) is 0.882. The van der Waals surface area contributed by atoms with E-state index in [1.807, 2.05) is 20.9 Å². The summed E-state index contributed by atoms with van der Waals surface area (Å²) >= 11 is 0. The van der Waals surface area contributed by atoms with Gasteiger partial charge in [0.05, 0.1) is 6.07 Å². The summed E-state index contributed by atoms with van der Waals surface area (Å²) in [6.07, 6.45) is 6.65. The van der Waals surface area contributed by atoms with E-state index in [9.17, 15) is 10.1 Å². The van der Waals surface area contributed by atoms with Crippen LogP contribution in [0.3, 0.4) is 0 Å². The predicted octanol–water partition coefficient (Wildman–Crippen LogP) is 3.07. The summed E-state index contributed by atoms with van der Waals surface area (Å²) in [5.41, 5.74) is 0. The highest BCUT2D eigenvalue weighted by Gasteiger charge is 2.51. The molecule has 0 aliphatic heterocycles. The molecular formula is C17H26N2O. The maximum Gasteiger partial charge on any atom is 0.225 e. The van der Waals surface area contributed by atoms with Gasteiger partial charge in [-0.3, -0.25) is 4.79 Å². The highest BCUT2D eigenvalue weighted by molar-refractivity contribution is 5.78. The van der Waals surface area contributed by atoms with Gasteiger partial charge in [-0.2, -0.15) is 5.26 Å². The summed E-state index contributed by atoms with van der Waals surface area (Å²) in [7, 11) is 1.83. The molecular weight excluding hydrogens is 248 g/mol. The topological polar surface area (TPSA) is 44.1 Å². The van der Waals surface area contributed by atoms with Crippen LogP contribution in [0, 0.1) is 46.8 Å². The lowest BCUT2D eigenvalue weighted by Crippen LogP contribution is -2.54. The number of rotatable bonds is 3. The van der Waals surface area contributed by atoms with Gasteiger partial charge < -0.3 is 4.90 Å². The first-order valence-corrected chi connectivity index (χ1v) is 8.17. The zero-order valence-electron chi connectivity index (χ0n) is 12.9. The van der Waals surface area contributed by atoms with Crippen LogP contribution in [-0.2, 0) is 4.79 Å². The van der Waals surface area contributed by atoms with E-state index in [-0.39, 0.29) is 17.9 Å². The minimum absolute atomic E-state index is 0.0207. The lowest BCUT2D eigenvalue weighted by atomic mass is 9.50. The summed E-state index contributed by atoms with van der Waals surface area (Å²) < 4.78 is 0. The predicted molar refractivity (Wildman–Crippen MR) is 77.5 cm³/mol. The van der Waals surface area contributed by atoms with Crippen LogP contribution < -0.4 is 0 Å². The maximum atomic E-state index is 12.3. The second kappa shape index (κ2) is 5.06. The van der Waals surface area contributed by atoms with Crippen molar-refractivity contribution >= 4 is 5.91 Å². The second-order valence-electron chi connectivity index (χ2n) is 7.69. The number of nitrogens with zero attached hydrogens (tertiary/aromatic N) is 2. The number of nitriles is 1. The van der Waals surface area contributed by atoms with E-state index in [1.165, 1.54) is 32.1 Å². The van der Waals surface area contributed by atoms with E-state index in [0.717, 1.165) is 11.8 Å². The van der Waals surface area contributed by atoms with Crippen molar-refractivity contribution in [3.63, 3.8) is 0 Å². The second-order valence-corrected chi connectivity index (χ2v) is 7.69. The first kappa shape index (κ1) is 13.9. The van der Waals surface area contributed by atoms with E-state index in [0.29, 0.717) is 17.8 Å². The Kier molecular flexibility index (Phi) is 3.52. The summed E-state index contributed by atoms with van der Waals surface area (Å²) in [6.45, 7) is 3.84. The van der Waals surface area contributed by atoms with Gasteiger partial charge in [-0.25, -0.2) is 0 Å². The Hall–Kier alpha value is -1.04. The summed E-state index contributed by atoms with van der Waals surface area (Å²) in [4.78, 5) is 14.0. The van der Waals surface area contributed by atoms with Crippen molar-refractivity contribution in [1.29, 1.82) is 5.26 Å². The van der Waals surface area contributed by atoms with Crippen LogP contribution in [-0.4, -0.2) is 23.9 Å². The van der Waals surface area contributed by atoms with Crippen LogP contribution >= 0.6 is 0 Å². The molecule has 1 atom stereocenters. The Balaban J connectivity index is 1.80. The van der Waals surface area contributed by atoms with Crippen LogP contribution in [0.1, 0.15) is 46.0 Å². The van der Waals surface area contributed by atoms with Crippen molar-refractivity contribution < 1.29 is 4.79 Å². The molecule has 0 spiro atoms. The highest BCUT2D eigenvalue weighted by Crippen LogP contribution is 2.57. The van der Waals surface area contributed by atoms with E-state index >= 15 is 0 Å². The van der Waals surface area contributed by atoms with E-state index in [4.69, 9.17) is 0 Å². The Morgan fingerprint density at radius 2 is 1.60 bits per heavy atom. The fourth-order valence-electron chi connectivity index (χ4n) is 5.46. The lowest BCUT2D eigenvalue weighted by molar-refractivity contribution is -0.138. The standard InChI is InChI=1S/C17H26N2O/c1-10(2)17(20)19(3)15(9-18)16-13-5-11-4-12(7-13)8-14(16)6-11/h10-16H,4-8H2,1-3H3. The molecule has 4 saturated carbocycles. The average Bonchev–Trinajstić information content (AvgIpc) is 2.40. The molecule has 4 aliphatic carbocycles. The molecule has 0 radical (unpaired) electrons. The summed E-state index contributed by atoms with van der Waals surface area (Å²) in [5.74, 6) is 3.74. The van der Waals surface area contributed by atoms with Gasteiger partial charge >= 0.3 is 0 Å². The summed E-state index contributed by atoms with van der Waals surface area (Å²) in [6, 6.07) is 2.26. The van der Waals surface area contributed by atoms with Gasteiger partial charge in [-0.15, -0.1) is 0 Å². The largest absolute Gasteiger partial charge is 0.329 e. The third-order valence-electron chi connectivity index (χ3n) is 6.06. The minimum atomic E-state index is -0.208. The molecule has 0 N–H and O–H groups in total. The van der Waals surface area contributed by atoms with Gasteiger partial charge in [0.25, 0.3) is 0 Å². The number of carbonyl (C=O) groups is 1. The van der Waals surface area contributed by atoms with Gasteiger partial charge in [0.2, 0.25) is 5.91 Å². The van der Waals surface area contributed by atoms with Crippen LogP contribution in [0.2, 0.25) is 0 Å². The van der Waals surface area contributed by atoms with Crippen molar-refractivity contribution in [2.24, 2.45) is 35.5 Å². The van der Waals surface area contributed by atoms with Crippen LogP contribution in [0.25, 0.3) is 0 Å². The molecule has 1 unspecified atom stereocenters. The molecule has 0 aromatic rings. The number of hydrogen-bond donors (Lipinski definition) is 0. The SMILES string of the molecule is CC(C)C(=O)N(C)C(C#N)C1C2CC3CC(C2)CC1C3. The minimum Gasteiger partial charge on any atom is -0.329 e. The van der Waals surface area contributed by atoms with E-state index in [2.05, 4.69) is 6.07 Å². The fourth-order valence-corrected chi connectivity index (χ4v) is 5.46. The first-order chi connectivity index (χ1) is 9.51. The molecule has 4 aliphatic rings. The molecule has 1 amide bonds. The molecule has 110 valence electrons.